The van der Waals surface area contributed by atoms with E-state index < -0.39 is 17.9 Å². The Bertz CT molecular complexity index is 417. The van der Waals surface area contributed by atoms with Crippen molar-refractivity contribution in [1.29, 1.82) is 0 Å². The summed E-state index contributed by atoms with van der Waals surface area (Å²) in [4.78, 5) is 22.0. The number of urea groups is 1. The molecule has 1 atom stereocenters. The average Bonchev–Trinajstić information content (AvgIpc) is 2.36. The lowest BCUT2D eigenvalue weighted by Crippen LogP contribution is -2.34. The molecular formula is C12H16N2O4. The van der Waals surface area contributed by atoms with Crippen molar-refractivity contribution in [3.05, 3.63) is 24.3 Å². The van der Waals surface area contributed by atoms with Crippen LogP contribution in [0.3, 0.4) is 0 Å². The maximum Gasteiger partial charge on any atom is 0.319 e. The van der Waals surface area contributed by atoms with E-state index >= 15 is 0 Å². The molecule has 0 spiro atoms. The van der Waals surface area contributed by atoms with Crippen molar-refractivity contribution in [2.45, 2.75) is 6.92 Å². The van der Waals surface area contributed by atoms with Gasteiger partial charge in [-0.25, -0.2) is 4.79 Å². The molecule has 0 aliphatic carbocycles. The summed E-state index contributed by atoms with van der Waals surface area (Å²) in [7, 11) is 1.56. The minimum atomic E-state index is -0.945. The van der Waals surface area contributed by atoms with Gasteiger partial charge >= 0.3 is 12.0 Å². The van der Waals surface area contributed by atoms with Crippen molar-refractivity contribution in [2.24, 2.45) is 5.92 Å². The van der Waals surface area contributed by atoms with Gasteiger partial charge in [-0.05, 0) is 24.3 Å². The van der Waals surface area contributed by atoms with E-state index in [0.717, 1.165) is 0 Å². The van der Waals surface area contributed by atoms with Crippen LogP contribution in [0.5, 0.6) is 5.75 Å². The molecule has 2 amide bonds. The number of carbonyl (C=O) groups is 2. The highest BCUT2D eigenvalue weighted by Gasteiger charge is 2.11. The van der Waals surface area contributed by atoms with Gasteiger partial charge in [-0.3, -0.25) is 4.79 Å². The second-order valence-electron chi connectivity index (χ2n) is 3.80. The SMILES string of the molecule is COc1ccc(NC(=O)NCC(C)C(=O)O)cc1. The van der Waals surface area contributed by atoms with E-state index in [4.69, 9.17) is 9.84 Å². The van der Waals surface area contributed by atoms with E-state index in [-0.39, 0.29) is 6.54 Å². The van der Waals surface area contributed by atoms with Crippen molar-refractivity contribution in [1.82, 2.24) is 5.32 Å². The Labute approximate surface area is 105 Å². The van der Waals surface area contributed by atoms with Gasteiger partial charge in [-0.15, -0.1) is 0 Å². The predicted octanol–water partition coefficient (Wildman–Crippen LogP) is 1.54. The lowest BCUT2D eigenvalue weighted by molar-refractivity contribution is -0.140. The summed E-state index contributed by atoms with van der Waals surface area (Å²) in [5, 5.41) is 13.7. The van der Waals surface area contributed by atoms with Crippen LogP contribution < -0.4 is 15.4 Å². The fourth-order valence-corrected chi connectivity index (χ4v) is 1.18. The molecule has 0 saturated heterocycles. The molecule has 0 aliphatic heterocycles. The lowest BCUT2D eigenvalue weighted by Gasteiger charge is -2.10. The third kappa shape index (κ3) is 4.32. The molecule has 0 fully saturated rings. The van der Waals surface area contributed by atoms with Gasteiger partial charge in [0.05, 0.1) is 13.0 Å². The van der Waals surface area contributed by atoms with E-state index in [0.29, 0.717) is 11.4 Å². The van der Waals surface area contributed by atoms with Crippen LogP contribution in [-0.2, 0) is 4.79 Å². The average molecular weight is 252 g/mol. The highest BCUT2D eigenvalue weighted by atomic mass is 16.5. The Balaban J connectivity index is 2.42. The molecule has 0 heterocycles. The van der Waals surface area contributed by atoms with Gasteiger partial charge < -0.3 is 20.5 Å². The molecule has 3 N–H and O–H groups in total. The fourth-order valence-electron chi connectivity index (χ4n) is 1.18. The minimum Gasteiger partial charge on any atom is -0.497 e. The van der Waals surface area contributed by atoms with Crippen molar-refractivity contribution in [3.63, 3.8) is 0 Å². The van der Waals surface area contributed by atoms with Gasteiger partial charge in [0.1, 0.15) is 5.75 Å². The second kappa shape index (κ2) is 6.48. The number of rotatable bonds is 5. The van der Waals surface area contributed by atoms with Crippen molar-refractivity contribution >= 4 is 17.7 Å². The van der Waals surface area contributed by atoms with Crippen molar-refractivity contribution in [3.8, 4) is 5.75 Å². The van der Waals surface area contributed by atoms with Crippen LogP contribution in [0.1, 0.15) is 6.92 Å². The smallest absolute Gasteiger partial charge is 0.319 e. The summed E-state index contributed by atoms with van der Waals surface area (Å²) >= 11 is 0. The van der Waals surface area contributed by atoms with E-state index in [1.54, 1.807) is 31.4 Å². The van der Waals surface area contributed by atoms with Gasteiger partial charge in [0.15, 0.2) is 0 Å². The zero-order valence-corrected chi connectivity index (χ0v) is 10.3. The summed E-state index contributed by atoms with van der Waals surface area (Å²) < 4.78 is 4.99. The zero-order valence-electron chi connectivity index (χ0n) is 10.3. The van der Waals surface area contributed by atoms with Gasteiger partial charge in [-0.2, -0.15) is 0 Å². The highest BCUT2D eigenvalue weighted by Crippen LogP contribution is 2.14. The van der Waals surface area contributed by atoms with E-state index in [9.17, 15) is 9.59 Å². The van der Waals surface area contributed by atoms with Crippen LogP contribution in [0.4, 0.5) is 10.5 Å². The van der Waals surface area contributed by atoms with Gasteiger partial charge in [0, 0.05) is 12.2 Å². The van der Waals surface area contributed by atoms with E-state index in [1.807, 2.05) is 0 Å². The molecule has 18 heavy (non-hydrogen) atoms. The monoisotopic (exact) mass is 252 g/mol. The number of anilines is 1. The molecule has 0 bridgehead atoms. The minimum absolute atomic E-state index is 0.0807. The van der Waals surface area contributed by atoms with Crippen molar-refractivity contribution < 1.29 is 19.4 Å². The molecule has 1 rings (SSSR count). The predicted molar refractivity (Wildman–Crippen MR) is 66.8 cm³/mol. The van der Waals surface area contributed by atoms with Crippen molar-refractivity contribution in [2.75, 3.05) is 19.0 Å². The first kappa shape index (κ1) is 13.8. The molecule has 0 radical (unpaired) electrons. The standard InChI is InChI=1S/C12H16N2O4/c1-8(11(15)16)7-13-12(17)14-9-3-5-10(18-2)6-4-9/h3-6,8H,7H2,1-2H3,(H,15,16)(H2,13,14,17). The zero-order chi connectivity index (χ0) is 13.5. The Morgan fingerprint density at radius 3 is 2.44 bits per heavy atom. The summed E-state index contributed by atoms with van der Waals surface area (Å²) in [6, 6.07) is 6.39. The third-order valence-corrected chi connectivity index (χ3v) is 2.34. The number of nitrogens with one attached hydrogen (secondary N) is 2. The molecule has 0 saturated carbocycles. The molecule has 1 aromatic carbocycles. The molecule has 0 aromatic heterocycles. The van der Waals surface area contributed by atoms with Crippen LogP contribution in [0.15, 0.2) is 24.3 Å². The lowest BCUT2D eigenvalue weighted by atomic mass is 10.2. The second-order valence-corrected chi connectivity index (χ2v) is 3.80. The number of carbonyl (C=O) groups excluding carboxylic acids is 1. The number of hydrogen-bond donors (Lipinski definition) is 3. The number of carboxylic acid groups (broad SMARTS) is 1. The summed E-state index contributed by atoms with van der Waals surface area (Å²) in [6.45, 7) is 1.60. The van der Waals surface area contributed by atoms with Gasteiger partial charge in [0.25, 0.3) is 0 Å². The quantitative estimate of drug-likeness (QED) is 0.741. The normalized spacial score (nSPS) is 11.4. The largest absolute Gasteiger partial charge is 0.497 e. The molecule has 6 heteroatoms. The number of aliphatic carboxylic acids is 1. The molecule has 1 unspecified atom stereocenters. The van der Waals surface area contributed by atoms with Crippen LogP contribution in [0.25, 0.3) is 0 Å². The molecule has 0 aliphatic rings. The van der Waals surface area contributed by atoms with E-state index in [1.165, 1.54) is 6.92 Å². The number of benzene rings is 1. The maximum atomic E-state index is 11.4. The first-order valence-electron chi connectivity index (χ1n) is 5.44. The number of methoxy groups -OCH3 is 1. The van der Waals surface area contributed by atoms with Gasteiger partial charge in [-0.1, -0.05) is 6.92 Å². The topological polar surface area (TPSA) is 87.7 Å². The number of ether oxygens (including phenoxy) is 1. The van der Waals surface area contributed by atoms with Crippen LogP contribution >= 0.6 is 0 Å². The third-order valence-electron chi connectivity index (χ3n) is 2.34. The summed E-state index contributed by atoms with van der Waals surface area (Å²) in [5.41, 5.74) is 0.608. The maximum absolute atomic E-state index is 11.4. The number of amides is 2. The molecule has 98 valence electrons. The summed E-state index contributed by atoms with van der Waals surface area (Å²) in [5.74, 6) is -0.869. The Morgan fingerprint density at radius 2 is 1.94 bits per heavy atom. The Hall–Kier alpha value is -2.24. The van der Waals surface area contributed by atoms with Gasteiger partial charge in [0.2, 0.25) is 0 Å². The number of carboxylic acids is 1. The van der Waals surface area contributed by atoms with E-state index in [2.05, 4.69) is 10.6 Å². The van der Waals surface area contributed by atoms with Crippen LogP contribution in [0, 0.1) is 5.92 Å². The highest BCUT2D eigenvalue weighted by molar-refractivity contribution is 5.89. The summed E-state index contributed by atoms with van der Waals surface area (Å²) in [6.07, 6.45) is 0. The first-order chi connectivity index (χ1) is 8.52. The first-order valence-corrected chi connectivity index (χ1v) is 5.44. The fraction of sp³-hybridized carbons (Fsp3) is 0.333. The number of hydrogen-bond acceptors (Lipinski definition) is 3. The molecule has 1 aromatic rings. The molecule has 6 nitrogen and oxygen atoms in total. The Morgan fingerprint density at radius 1 is 1.33 bits per heavy atom. The van der Waals surface area contributed by atoms with Crippen LogP contribution in [0.2, 0.25) is 0 Å². The Kier molecular flexibility index (Phi) is 4.98. The van der Waals surface area contributed by atoms with Crippen LogP contribution in [-0.4, -0.2) is 30.8 Å². The molecular weight excluding hydrogens is 236 g/mol.